The number of methoxy groups -OCH3 is 5. The van der Waals surface area contributed by atoms with E-state index in [0.29, 0.717) is 124 Å². The summed E-state index contributed by atoms with van der Waals surface area (Å²) in [4.78, 5) is 43.5. The van der Waals surface area contributed by atoms with E-state index in [1.807, 2.05) is 37.3 Å². The van der Waals surface area contributed by atoms with Crippen LogP contribution in [0, 0.1) is 0 Å². The van der Waals surface area contributed by atoms with Gasteiger partial charge in [-0.1, -0.05) is 67.6 Å². The third-order valence-corrected chi connectivity index (χ3v) is 14.0. The largest absolute Gasteiger partial charge is 0.493 e. The molecule has 0 unspecified atom stereocenters. The van der Waals surface area contributed by atoms with E-state index in [9.17, 15) is 14.4 Å². The van der Waals surface area contributed by atoms with E-state index in [1.54, 1.807) is 49.5 Å². The molecule has 2 amide bonds. The number of hydrogen-bond acceptors (Lipinski definition) is 14. The molecule has 5 aromatic carbocycles. The van der Waals surface area contributed by atoms with Crippen molar-refractivity contribution < 1.29 is 61.8 Å². The van der Waals surface area contributed by atoms with Crippen LogP contribution in [0.1, 0.15) is 78.9 Å². The summed E-state index contributed by atoms with van der Waals surface area (Å²) >= 11 is 0. The second-order valence-corrected chi connectivity index (χ2v) is 19.1. The molecule has 424 valence electrons. The Morgan fingerprint density at radius 1 is 0.658 bits per heavy atom. The Bertz CT molecular complexity index is 2830. The first-order valence-corrected chi connectivity index (χ1v) is 27.2. The van der Waals surface area contributed by atoms with Gasteiger partial charge in [-0.05, 0) is 115 Å². The number of ether oxygens (including phenoxy) is 10. The highest BCUT2D eigenvalue weighted by Gasteiger charge is 2.38. The van der Waals surface area contributed by atoms with Gasteiger partial charge in [0.1, 0.15) is 17.9 Å². The fourth-order valence-corrected chi connectivity index (χ4v) is 9.88. The fraction of sp³-hybridized carbons (Fsp3) is 0.435. The van der Waals surface area contributed by atoms with Crippen LogP contribution in [0.25, 0.3) is 10.9 Å². The first kappa shape index (κ1) is 59.4. The number of aromatic nitrogens is 1. The second kappa shape index (κ2) is 31.3. The molecule has 2 heterocycles. The molecule has 2 N–H and O–H groups in total. The van der Waals surface area contributed by atoms with Crippen LogP contribution in [0.3, 0.4) is 0 Å². The topological polar surface area (TPSA) is 176 Å². The zero-order valence-electron chi connectivity index (χ0n) is 46.6. The minimum atomic E-state index is -0.803. The summed E-state index contributed by atoms with van der Waals surface area (Å²) in [6.07, 6.45) is 4.78. The van der Waals surface area contributed by atoms with E-state index in [-0.39, 0.29) is 18.4 Å². The van der Waals surface area contributed by atoms with Gasteiger partial charge in [-0.3, -0.25) is 9.59 Å². The monoisotopic (exact) mass is 1090 g/mol. The number of nitrogens with one attached hydrogen (secondary N) is 2. The van der Waals surface area contributed by atoms with E-state index < -0.39 is 24.0 Å². The minimum Gasteiger partial charge on any atom is -0.493 e. The Hall–Kier alpha value is -7.31. The number of rotatable bonds is 33. The lowest BCUT2D eigenvalue weighted by Gasteiger charge is -2.37. The normalized spacial score (nSPS) is 14.1. The van der Waals surface area contributed by atoms with Crippen LogP contribution in [0.15, 0.2) is 115 Å². The van der Waals surface area contributed by atoms with Crippen LogP contribution in [0.4, 0.5) is 0 Å². The molecule has 1 aliphatic rings. The highest BCUT2D eigenvalue weighted by Crippen LogP contribution is 2.42. The summed E-state index contributed by atoms with van der Waals surface area (Å²) in [5, 5.41) is 7.57. The van der Waals surface area contributed by atoms with Gasteiger partial charge in [-0.15, -0.1) is 0 Å². The molecule has 0 spiro atoms. The summed E-state index contributed by atoms with van der Waals surface area (Å²) in [7, 11) is 7.76. The number of fused-ring (bicyclic) bond motifs is 1. The molecule has 0 bridgehead atoms. The van der Waals surface area contributed by atoms with Crippen LogP contribution < -0.4 is 39.1 Å². The zero-order valence-corrected chi connectivity index (χ0v) is 46.6. The fourth-order valence-electron chi connectivity index (χ4n) is 9.88. The molecule has 1 aromatic heterocycles. The van der Waals surface area contributed by atoms with Gasteiger partial charge in [-0.2, -0.15) is 0 Å². The Labute approximate surface area is 464 Å². The first-order valence-electron chi connectivity index (χ1n) is 27.2. The molecule has 1 fully saturated rings. The SMILES string of the molecule is CC[C@H](C(=O)N1CCCC[C@H]1C(=O)O[C@H](CCc1ccc(OC)c(OC)c1)c1cccc(OCC(=O)NCCOCCOCCOCCNCc2cccc3c2ccn3Cc2ccccc2)c1)c1cc(OC)c(OC)c(OC)c1. The predicted molar refractivity (Wildman–Crippen MR) is 302 cm³/mol. The molecule has 0 saturated carbocycles. The maximum atomic E-state index is 14.5. The Balaban J connectivity index is 0.839. The molecule has 17 nitrogen and oxygen atoms in total. The summed E-state index contributed by atoms with van der Waals surface area (Å²) in [6.45, 7) is 7.30. The number of hydrogen-bond donors (Lipinski definition) is 2. The van der Waals surface area contributed by atoms with Crippen molar-refractivity contribution in [2.75, 3.05) is 101 Å². The van der Waals surface area contributed by atoms with Crippen LogP contribution in [-0.4, -0.2) is 135 Å². The molecule has 17 heteroatoms. The smallest absolute Gasteiger partial charge is 0.329 e. The molecule has 7 rings (SSSR count). The molecule has 0 aliphatic carbocycles. The number of esters is 1. The van der Waals surface area contributed by atoms with Crippen LogP contribution in [0.5, 0.6) is 34.5 Å². The van der Waals surface area contributed by atoms with E-state index in [0.717, 1.165) is 38.0 Å². The number of piperidine rings is 1. The average Bonchev–Trinajstić information content (AvgIpc) is 4.02. The molecule has 79 heavy (non-hydrogen) atoms. The van der Waals surface area contributed by atoms with Gasteiger partial charge in [0.15, 0.2) is 29.6 Å². The van der Waals surface area contributed by atoms with E-state index in [2.05, 4.69) is 69.9 Å². The Kier molecular flexibility index (Phi) is 23.5. The van der Waals surface area contributed by atoms with Crippen molar-refractivity contribution in [1.29, 1.82) is 0 Å². The van der Waals surface area contributed by atoms with Gasteiger partial charge in [-0.25, -0.2) is 4.79 Å². The van der Waals surface area contributed by atoms with Crippen molar-refractivity contribution in [1.82, 2.24) is 20.1 Å². The van der Waals surface area contributed by atoms with Crippen molar-refractivity contribution in [2.24, 2.45) is 0 Å². The second-order valence-electron chi connectivity index (χ2n) is 19.1. The molecule has 3 atom stereocenters. The van der Waals surface area contributed by atoms with Gasteiger partial charge >= 0.3 is 5.97 Å². The Morgan fingerprint density at radius 3 is 2.08 bits per heavy atom. The van der Waals surface area contributed by atoms with Crippen molar-refractivity contribution in [3.8, 4) is 34.5 Å². The quantitative estimate of drug-likeness (QED) is 0.0295. The van der Waals surface area contributed by atoms with Crippen LogP contribution in [0.2, 0.25) is 0 Å². The lowest BCUT2D eigenvalue weighted by molar-refractivity contribution is -0.162. The molecular formula is C62H78N4O13. The molecular weight excluding hydrogens is 1010 g/mol. The summed E-state index contributed by atoms with van der Waals surface area (Å²) in [5.41, 5.74) is 6.07. The van der Waals surface area contributed by atoms with Crippen molar-refractivity contribution >= 4 is 28.7 Å². The Morgan fingerprint density at radius 2 is 1.37 bits per heavy atom. The number of aryl methyl sites for hydroxylation is 1. The van der Waals surface area contributed by atoms with Gasteiger partial charge in [0.2, 0.25) is 11.7 Å². The first-order chi connectivity index (χ1) is 38.7. The van der Waals surface area contributed by atoms with Gasteiger partial charge in [0.25, 0.3) is 5.91 Å². The van der Waals surface area contributed by atoms with E-state index in [4.69, 9.17) is 47.4 Å². The highest BCUT2D eigenvalue weighted by molar-refractivity contribution is 5.89. The summed E-state index contributed by atoms with van der Waals surface area (Å²) < 4.78 is 59.5. The number of amides is 2. The van der Waals surface area contributed by atoms with Crippen molar-refractivity contribution in [2.45, 2.75) is 76.6 Å². The summed E-state index contributed by atoms with van der Waals surface area (Å²) in [5.74, 6) is 1.35. The molecule has 1 aliphatic heterocycles. The maximum absolute atomic E-state index is 14.5. The van der Waals surface area contributed by atoms with Crippen molar-refractivity contribution in [3.05, 3.63) is 143 Å². The predicted octanol–water partition coefficient (Wildman–Crippen LogP) is 8.86. The number of nitrogens with zero attached hydrogens (tertiary/aromatic N) is 2. The van der Waals surface area contributed by atoms with Crippen LogP contribution >= 0.6 is 0 Å². The third-order valence-electron chi connectivity index (χ3n) is 14.0. The average molecular weight is 1090 g/mol. The lowest BCUT2D eigenvalue weighted by Crippen LogP contribution is -2.50. The maximum Gasteiger partial charge on any atom is 0.329 e. The number of carbonyl (C=O) groups is 3. The number of carbonyl (C=O) groups excluding carboxylic acids is 3. The van der Waals surface area contributed by atoms with Crippen molar-refractivity contribution in [3.63, 3.8) is 0 Å². The van der Waals surface area contributed by atoms with Crippen LogP contribution in [-0.2, 0) is 52.8 Å². The third kappa shape index (κ3) is 16.9. The molecule has 0 radical (unpaired) electrons. The summed E-state index contributed by atoms with van der Waals surface area (Å²) in [6, 6.07) is 34.8. The van der Waals surface area contributed by atoms with E-state index in [1.165, 1.54) is 43.4 Å². The van der Waals surface area contributed by atoms with Gasteiger partial charge in [0, 0.05) is 49.8 Å². The standard InChI is InChI=1S/C62H78N4O13/c1-7-50(48-39-57(72-4)60(74-6)58(40-48)73-5)61(68)66-29-12-11-20-53(66)62(69)79-54(24-22-44-23-25-55(70-2)56(37-44)71-3)46-17-13-19-49(38-46)78-43-59(67)64-28-32-76-34-36-77-35-33-75-31-27-63-41-47-18-14-21-52-51(47)26-30-65(52)42-45-15-9-8-10-16-45/h8-10,13-19,21,23,25-26,30,37-40,50,53-54,63H,7,11-12,20,22,24,27-29,31-36,41-43H2,1-6H3,(H,64,67)/t50-,53-,54+/m0/s1. The number of likely N-dealkylation sites (tertiary alicyclic amines) is 1. The molecule has 6 aromatic rings. The highest BCUT2D eigenvalue weighted by atomic mass is 16.6. The molecule has 1 saturated heterocycles. The zero-order chi connectivity index (χ0) is 55.8. The number of benzene rings is 5. The minimum absolute atomic E-state index is 0.182. The van der Waals surface area contributed by atoms with Gasteiger partial charge in [0.05, 0.1) is 81.1 Å². The van der Waals surface area contributed by atoms with E-state index >= 15 is 0 Å². The lowest BCUT2D eigenvalue weighted by atomic mass is 9.91. The van der Waals surface area contributed by atoms with Gasteiger partial charge < -0.3 is 67.5 Å².